The number of carbonyl (C=O) groups is 2. The summed E-state index contributed by atoms with van der Waals surface area (Å²) in [6.07, 6.45) is 4.01. The SMILES string of the molecule is Cn1cc(N)c(C(=O)CCCOCCOc2cc(-c3cccc(C(=O)O)n3)ccn2)n1. The maximum atomic E-state index is 12.1. The van der Waals surface area contributed by atoms with E-state index in [4.69, 9.17) is 20.3 Å². The van der Waals surface area contributed by atoms with Gasteiger partial charge in [-0.05, 0) is 24.6 Å². The van der Waals surface area contributed by atoms with Crippen LogP contribution in [0, 0.1) is 0 Å². The molecule has 10 nitrogen and oxygen atoms in total. The van der Waals surface area contributed by atoms with Crippen molar-refractivity contribution in [2.24, 2.45) is 7.05 Å². The zero-order valence-corrected chi connectivity index (χ0v) is 17.0. The summed E-state index contributed by atoms with van der Waals surface area (Å²) in [6.45, 7) is 1.01. The first kappa shape index (κ1) is 21.9. The van der Waals surface area contributed by atoms with Crippen molar-refractivity contribution < 1.29 is 24.2 Å². The smallest absolute Gasteiger partial charge is 0.354 e. The highest BCUT2D eigenvalue weighted by Gasteiger charge is 2.13. The third kappa shape index (κ3) is 6.09. The molecule has 3 aromatic rings. The quantitative estimate of drug-likeness (QED) is 0.349. The molecule has 0 radical (unpaired) electrons. The lowest BCUT2D eigenvalue weighted by molar-refractivity contribution is 0.0690. The topological polar surface area (TPSA) is 142 Å². The van der Waals surface area contributed by atoms with Gasteiger partial charge in [0.1, 0.15) is 12.3 Å². The summed E-state index contributed by atoms with van der Waals surface area (Å²) in [5.41, 5.74) is 7.59. The second-order valence-electron chi connectivity index (χ2n) is 6.69. The van der Waals surface area contributed by atoms with Crippen LogP contribution in [0.4, 0.5) is 5.69 Å². The molecule has 0 aliphatic rings. The van der Waals surface area contributed by atoms with E-state index in [9.17, 15) is 9.59 Å². The molecule has 31 heavy (non-hydrogen) atoms. The lowest BCUT2D eigenvalue weighted by atomic mass is 10.1. The summed E-state index contributed by atoms with van der Waals surface area (Å²) in [6, 6.07) is 8.19. The fourth-order valence-electron chi connectivity index (χ4n) is 2.85. The van der Waals surface area contributed by atoms with Crippen LogP contribution in [0.1, 0.15) is 33.8 Å². The Kier molecular flexibility index (Phi) is 7.28. The molecule has 10 heteroatoms. The Morgan fingerprint density at radius 2 is 2.03 bits per heavy atom. The van der Waals surface area contributed by atoms with Crippen molar-refractivity contribution in [3.8, 4) is 17.1 Å². The van der Waals surface area contributed by atoms with E-state index < -0.39 is 5.97 Å². The number of aryl methyl sites for hydroxylation is 1. The maximum absolute atomic E-state index is 12.1. The van der Waals surface area contributed by atoms with E-state index in [2.05, 4.69) is 15.1 Å². The van der Waals surface area contributed by atoms with Crippen LogP contribution in [-0.2, 0) is 11.8 Å². The number of nitrogen functional groups attached to an aromatic ring is 1. The van der Waals surface area contributed by atoms with Crippen molar-refractivity contribution in [2.45, 2.75) is 12.8 Å². The van der Waals surface area contributed by atoms with Crippen LogP contribution in [0.2, 0.25) is 0 Å². The monoisotopic (exact) mass is 425 g/mol. The number of ether oxygens (including phenoxy) is 2. The molecule has 162 valence electrons. The highest BCUT2D eigenvalue weighted by molar-refractivity contribution is 5.98. The number of nitrogens with zero attached hydrogens (tertiary/aromatic N) is 4. The van der Waals surface area contributed by atoms with Gasteiger partial charge in [-0.3, -0.25) is 9.48 Å². The molecule has 0 aliphatic carbocycles. The fourth-order valence-corrected chi connectivity index (χ4v) is 2.85. The van der Waals surface area contributed by atoms with Crippen LogP contribution >= 0.6 is 0 Å². The summed E-state index contributed by atoms with van der Waals surface area (Å²) >= 11 is 0. The molecular weight excluding hydrogens is 402 g/mol. The lowest BCUT2D eigenvalue weighted by Crippen LogP contribution is -2.10. The number of aromatic nitrogens is 4. The molecule has 3 rings (SSSR count). The molecule has 0 atom stereocenters. The summed E-state index contributed by atoms with van der Waals surface area (Å²) in [7, 11) is 1.71. The van der Waals surface area contributed by atoms with Crippen LogP contribution in [0.3, 0.4) is 0 Å². The molecule has 3 aromatic heterocycles. The van der Waals surface area contributed by atoms with E-state index in [0.717, 1.165) is 0 Å². The number of carboxylic acid groups (broad SMARTS) is 1. The first-order valence-corrected chi connectivity index (χ1v) is 9.63. The Bertz CT molecular complexity index is 1070. The largest absolute Gasteiger partial charge is 0.477 e. The number of hydrogen-bond donors (Lipinski definition) is 2. The highest BCUT2D eigenvalue weighted by atomic mass is 16.5. The first-order chi connectivity index (χ1) is 14.9. The van der Waals surface area contributed by atoms with Crippen LogP contribution < -0.4 is 10.5 Å². The lowest BCUT2D eigenvalue weighted by Gasteiger charge is -2.08. The molecule has 0 spiro atoms. The fraction of sp³-hybridized carbons (Fsp3) is 0.286. The minimum absolute atomic E-state index is 0.0330. The average Bonchev–Trinajstić information content (AvgIpc) is 3.11. The number of hydrogen-bond acceptors (Lipinski definition) is 8. The second kappa shape index (κ2) is 10.3. The van der Waals surface area contributed by atoms with Gasteiger partial charge in [-0.15, -0.1) is 0 Å². The maximum Gasteiger partial charge on any atom is 0.354 e. The standard InChI is InChI=1S/C21H23N5O5/c1-26-13-15(22)20(25-26)18(27)6-3-9-30-10-11-31-19-12-14(7-8-23-19)16-4-2-5-17(24-16)21(28)29/h2,4-5,7-8,12-13H,3,6,9-11,22H2,1H3,(H,28,29). The van der Waals surface area contributed by atoms with Gasteiger partial charge in [-0.1, -0.05) is 6.07 Å². The molecule has 0 unspecified atom stereocenters. The van der Waals surface area contributed by atoms with E-state index in [-0.39, 0.29) is 18.1 Å². The molecule has 3 N–H and O–H groups in total. The zero-order valence-electron chi connectivity index (χ0n) is 17.0. The van der Waals surface area contributed by atoms with E-state index in [1.54, 1.807) is 43.7 Å². The number of ketones is 1. The van der Waals surface area contributed by atoms with Gasteiger partial charge in [0.15, 0.2) is 11.5 Å². The van der Waals surface area contributed by atoms with E-state index >= 15 is 0 Å². The van der Waals surface area contributed by atoms with Gasteiger partial charge in [-0.2, -0.15) is 5.10 Å². The third-order valence-corrected chi connectivity index (χ3v) is 4.29. The Morgan fingerprint density at radius 1 is 1.19 bits per heavy atom. The van der Waals surface area contributed by atoms with Crippen molar-refractivity contribution in [1.82, 2.24) is 19.7 Å². The number of rotatable bonds is 11. The van der Waals surface area contributed by atoms with Gasteiger partial charge in [0.05, 0.1) is 18.0 Å². The Balaban J connectivity index is 1.40. The summed E-state index contributed by atoms with van der Waals surface area (Å²) in [5.74, 6) is -0.821. The highest BCUT2D eigenvalue weighted by Crippen LogP contribution is 2.20. The predicted octanol–water partition coefficient (Wildman–Crippen LogP) is 2.22. The number of carboxylic acids is 1. The van der Waals surface area contributed by atoms with Crippen LogP contribution in [0.5, 0.6) is 5.88 Å². The van der Waals surface area contributed by atoms with Crippen molar-refractivity contribution >= 4 is 17.4 Å². The average molecular weight is 425 g/mol. The van der Waals surface area contributed by atoms with Crippen molar-refractivity contribution in [2.75, 3.05) is 25.6 Å². The van der Waals surface area contributed by atoms with E-state index in [1.165, 1.54) is 10.7 Å². The molecule has 0 bridgehead atoms. The number of aromatic carboxylic acids is 1. The van der Waals surface area contributed by atoms with E-state index in [0.29, 0.717) is 54.6 Å². The summed E-state index contributed by atoms with van der Waals surface area (Å²) < 4.78 is 12.6. The molecule has 3 heterocycles. The number of carbonyl (C=O) groups excluding carboxylic acids is 1. The van der Waals surface area contributed by atoms with Gasteiger partial charge in [-0.25, -0.2) is 14.8 Å². The molecule has 0 amide bonds. The van der Waals surface area contributed by atoms with Gasteiger partial charge < -0.3 is 20.3 Å². The summed E-state index contributed by atoms with van der Waals surface area (Å²) in [5, 5.41) is 13.1. The number of Topliss-reactive ketones (excluding diaryl/α,β-unsaturated/α-hetero) is 1. The van der Waals surface area contributed by atoms with Gasteiger partial charge >= 0.3 is 5.97 Å². The number of anilines is 1. The summed E-state index contributed by atoms with van der Waals surface area (Å²) in [4.78, 5) is 31.4. The van der Waals surface area contributed by atoms with Gasteiger partial charge in [0.2, 0.25) is 5.88 Å². The Hall–Kier alpha value is -3.79. The van der Waals surface area contributed by atoms with Crippen molar-refractivity contribution in [3.63, 3.8) is 0 Å². The van der Waals surface area contributed by atoms with Crippen molar-refractivity contribution in [3.05, 3.63) is 54.1 Å². The molecule has 0 saturated carbocycles. The number of nitrogens with two attached hydrogens (primary N) is 1. The molecule has 0 fully saturated rings. The first-order valence-electron chi connectivity index (χ1n) is 9.63. The van der Waals surface area contributed by atoms with Gasteiger partial charge in [0.25, 0.3) is 0 Å². The molecule has 0 aromatic carbocycles. The third-order valence-electron chi connectivity index (χ3n) is 4.29. The van der Waals surface area contributed by atoms with Crippen molar-refractivity contribution in [1.29, 1.82) is 0 Å². The van der Waals surface area contributed by atoms with E-state index in [1.807, 2.05) is 0 Å². The number of pyridine rings is 2. The molecular formula is C21H23N5O5. The van der Waals surface area contributed by atoms with Crippen LogP contribution in [0.15, 0.2) is 42.7 Å². The van der Waals surface area contributed by atoms with Crippen LogP contribution in [0.25, 0.3) is 11.3 Å². The second-order valence-corrected chi connectivity index (χ2v) is 6.69. The zero-order chi connectivity index (χ0) is 22.2. The van der Waals surface area contributed by atoms with Gasteiger partial charge in [0, 0.05) is 44.1 Å². The Labute approximate surface area is 178 Å². The molecule has 0 saturated heterocycles. The minimum Gasteiger partial charge on any atom is -0.477 e. The van der Waals surface area contributed by atoms with Crippen LogP contribution in [-0.4, -0.2) is 56.4 Å². The molecule has 0 aliphatic heterocycles. The predicted molar refractivity (Wildman–Crippen MR) is 112 cm³/mol. The minimum atomic E-state index is -1.09. The Morgan fingerprint density at radius 3 is 2.77 bits per heavy atom. The normalized spacial score (nSPS) is 10.7.